The predicted octanol–water partition coefficient (Wildman–Crippen LogP) is 4.22. The molecule has 0 amide bonds. The third-order valence-corrected chi connectivity index (χ3v) is 3.75. The highest BCUT2D eigenvalue weighted by Gasteiger charge is 2.24. The van der Waals surface area contributed by atoms with Crippen LogP contribution in [0.5, 0.6) is 5.75 Å². The van der Waals surface area contributed by atoms with Gasteiger partial charge in [0.15, 0.2) is 0 Å². The zero-order valence-electron chi connectivity index (χ0n) is 12.7. The van der Waals surface area contributed by atoms with E-state index in [0.717, 1.165) is 30.9 Å². The van der Waals surface area contributed by atoms with Gasteiger partial charge < -0.3 is 10.1 Å². The molecule has 1 aliphatic rings. The summed E-state index contributed by atoms with van der Waals surface area (Å²) in [5.74, 6) is 1.45. The number of ether oxygens (including phenoxy) is 1. The Morgan fingerprint density at radius 2 is 2.10 bits per heavy atom. The Hall–Kier alpha value is -2.03. The van der Waals surface area contributed by atoms with Crippen molar-refractivity contribution in [2.45, 2.75) is 32.7 Å². The van der Waals surface area contributed by atoms with Gasteiger partial charge in [-0.05, 0) is 42.5 Å². The van der Waals surface area contributed by atoms with Gasteiger partial charge in [-0.2, -0.15) is 0 Å². The van der Waals surface area contributed by atoms with E-state index in [4.69, 9.17) is 4.74 Å². The summed E-state index contributed by atoms with van der Waals surface area (Å²) in [4.78, 5) is 4.54. The lowest BCUT2D eigenvalue weighted by Crippen LogP contribution is -2.11. The van der Waals surface area contributed by atoms with Crippen LogP contribution in [0.15, 0.2) is 42.6 Å². The van der Waals surface area contributed by atoms with E-state index >= 15 is 0 Å². The van der Waals surface area contributed by atoms with Crippen LogP contribution >= 0.6 is 0 Å². The minimum absolute atomic E-state index is 0.282. The zero-order chi connectivity index (χ0) is 14.7. The molecule has 0 bridgehead atoms. The average Bonchev–Trinajstić information content (AvgIpc) is 2.90. The number of para-hydroxylation sites is 2. The van der Waals surface area contributed by atoms with Crippen LogP contribution < -0.4 is 10.1 Å². The van der Waals surface area contributed by atoms with E-state index in [9.17, 15) is 0 Å². The number of benzene rings is 1. The lowest BCUT2D eigenvalue weighted by molar-refractivity contribution is 0.272. The van der Waals surface area contributed by atoms with Gasteiger partial charge in [0.1, 0.15) is 5.75 Å². The number of aryl methyl sites for hydroxylation is 1. The van der Waals surface area contributed by atoms with Crippen molar-refractivity contribution in [2.24, 2.45) is 5.92 Å². The molecule has 0 saturated carbocycles. The minimum Gasteiger partial charge on any atom is -0.491 e. The van der Waals surface area contributed by atoms with Gasteiger partial charge in [0, 0.05) is 6.20 Å². The molecule has 0 saturated heterocycles. The van der Waals surface area contributed by atoms with Gasteiger partial charge in [-0.15, -0.1) is 0 Å². The number of anilines is 1. The summed E-state index contributed by atoms with van der Waals surface area (Å²) in [5.41, 5.74) is 3.59. The molecule has 3 nitrogen and oxygen atoms in total. The SMILES string of the molecule is CC(C)COc1ccccc1NC1CCc2cccnc21. The van der Waals surface area contributed by atoms with Crippen LogP contribution in [0.2, 0.25) is 0 Å². The monoisotopic (exact) mass is 282 g/mol. The number of nitrogens with one attached hydrogen (secondary N) is 1. The molecule has 1 unspecified atom stereocenters. The largest absolute Gasteiger partial charge is 0.491 e. The number of aromatic nitrogens is 1. The van der Waals surface area contributed by atoms with Crippen molar-refractivity contribution in [1.29, 1.82) is 0 Å². The van der Waals surface area contributed by atoms with Crippen LogP contribution in [0.1, 0.15) is 37.6 Å². The second-order valence-corrected chi connectivity index (χ2v) is 5.98. The highest BCUT2D eigenvalue weighted by Crippen LogP contribution is 2.35. The van der Waals surface area contributed by atoms with Gasteiger partial charge in [-0.1, -0.05) is 32.0 Å². The molecule has 1 N–H and O–H groups in total. The number of rotatable bonds is 5. The van der Waals surface area contributed by atoms with Gasteiger partial charge in [0.05, 0.1) is 24.0 Å². The van der Waals surface area contributed by atoms with Crippen molar-refractivity contribution in [3.63, 3.8) is 0 Å². The lowest BCUT2D eigenvalue weighted by atomic mass is 10.2. The fourth-order valence-corrected chi connectivity index (χ4v) is 2.71. The third kappa shape index (κ3) is 3.18. The van der Waals surface area contributed by atoms with Crippen LogP contribution in [-0.2, 0) is 6.42 Å². The zero-order valence-corrected chi connectivity index (χ0v) is 12.7. The Bertz CT molecular complexity index is 610. The molecule has 2 aromatic rings. The van der Waals surface area contributed by atoms with Crippen molar-refractivity contribution in [2.75, 3.05) is 11.9 Å². The van der Waals surface area contributed by atoms with Crippen molar-refractivity contribution in [3.05, 3.63) is 53.9 Å². The molecule has 3 rings (SSSR count). The Morgan fingerprint density at radius 3 is 2.95 bits per heavy atom. The van der Waals surface area contributed by atoms with E-state index in [1.807, 2.05) is 30.5 Å². The average molecular weight is 282 g/mol. The summed E-state index contributed by atoms with van der Waals surface area (Å²) in [6, 6.07) is 12.6. The maximum Gasteiger partial charge on any atom is 0.142 e. The van der Waals surface area contributed by atoms with Gasteiger partial charge >= 0.3 is 0 Å². The third-order valence-electron chi connectivity index (χ3n) is 3.75. The fraction of sp³-hybridized carbons (Fsp3) is 0.389. The Balaban J connectivity index is 1.77. The van der Waals surface area contributed by atoms with Gasteiger partial charge in [-0.3, -0.25) is 4.98 Å². The summed E-state index contributed by atoms with van der Waals surface area (Å²) in [7, 11) is 0. The molecule has 1 aliphatic carbocycles. The Labute approximate surface area is 126 Å². The standard InChI is InChI=1S/C18H22N2O/c1-13(2)12-21-17-8-4-3-7-15(17)20-16-10-9-14-6-5-11-19-18(14)16/h3-8,11,13,16,20H,9-10,12H2,1-2H3. The molecular weight excluding hydrogens is 260 g/mol. The van der Waals surface area contributed by atoms with Crippen LogP contribution in [0, 0.1) is 5.92 Å². The molecule has 1 atom stereocenters. The van der Waals surface area contributed by atoms with E-state index in [2.05, 4.69) is 36.3 Å². The summed E-state index contributed by atoms with van der Waals surface area (Å²) in [6.45, 7) is 5.05. The van der Waals surface area contributed by atoms with E-state index in [1.165, 1.54) is 11.3 Å². The highest BCUT2D eigenvalue weighted by atomic mass is 16.5. The quantitative estimate of drug-likeness (QED) is 0.891. The number of hydrogen-bond donors (Lipinski definition) is 1. The second-order valence-electron chi connectivity index (χ2n) is 5.98. The number of pyridine rings is 1. The van der Waals surface area contributed by atoms with E-state index in [0.29, 0.717) is 5.92 Å². The molecule has 110 valence electrons. The van der Waals surface area contributed by atoms with Crippen LogP contribution in [0.3, 0.4) is 0 Å². The first kappa shape index (κ1) is 13.9. The fourth-order valence-electron chi connectivity index (χ4n) is 2.71. The first-order valence-electron chi connectivity index (χ1n) is 7.66. The molecule has 0 spiro atoms. The van der Waals surface area contributed by atoms with Crippen molar-refractivity contribution >= 4 is 5.69 Å². The Morgan fingerprint density at radius 1 is 1.24 bits per heavy atom. The summed E-state index contributed by atoms with van der Waals surface area (Å²) < 4.78 is 5.91. The van der Waals surface area contributed by atoms with Crippen molar-refractivity contribution < 1.29 is 4.74 Å². The summed E-state index contributed by atoms with van der Waals surface area (Å²) >= 11 is 0. The second kappa shape index (κ2) is 6.17. The normalized spacial score (nSPS) is 16.8. The Kier molecular flexibility index (Phi) is 4.09. The molecule has 0 radical (unpaired) electrons. The highest BCUT2D eigenvalue weighted by molar-refractivity contribution is 5.57. The lowest BCUT2D eigenvalue weighted by Gasteiger charge is -2.18. The maximum absolute atomic E-state index is 5.91. The van der Waals surface area contributed by atoms with Gasteiger partial charge in [-0.25, -0.2) is 0 Å². The predicted molar refractivity (Wildman–Crippen MR) is 85.7 cm³/mol. The topological polar surface area (TPSA) is 34.1 Å². The molecule has 0 aliphatic heterocycles. The van der Waals surface area contributed by atoms with E-state index < -0.39 is 0 Å². The number of nitrogens with zero attached hydrogens (tertiary/aromatic N) is 1. The van der Waals surface area contributed by atoms with Crippen LogP contribution in [0.25, 0.3) is 0 Å². The van der Waals surface area contributed by atoms with Crippen molar-refractivity contribution in [1.82, 2.24) is 4.98 Å². The molecule has 1 heterocycles. The van der Waals surface area contributed by atoms with E-state index in [-0.39, 0.29) is 6.04 Å². The van der Waals surface area contributed by atoms with Gasteiger partial charge in [0.25, 0.3) is 0 Å². The summed E-state index contributed by atoms with van der Waals surface area (Å²) in [6.07, 6.45) is 4.06. The minimum atomic E-state index is 0.282. The first-order chi connectivity index (χ1) is 10.2. The molecule has 21 heavy (non-hydrogen) atoms. The maximum atomic E-state index is 5.91. The molecule has 1 aromatic carbocycles. The molecule has 3 heteroatoms. The van der Waals surface area contributed by atoms with Crippen LogP contribution in [-0.4, -0.2) is 11.6 Å². The van der Waals surface area contributed by atoms with Gasteiger partial charge in [0.2, 0.25) is 0 Å². The smallest absolute Gasteiger partial charge is 0.142 e. The molecular formula is C18H22N2O. The number of hydrogen-bond acceptors (Lipinski definition) is 3. The van der Waals surface area contributed by atoms with Crippen LogP contribution in [0.4, 0.5) is 5.69 Å². The summed E-state index contributed by atoms with van der Waals surface area (Å²) in [5, 5.41) is 3.60. The number of fused-ring (bicyclic) bond motifs is 1. The first-order valence-corrected chi connectivity index (χ1v) is 7.66. The van der Waals surface area contributed by atoms with Crippen molar-refractivity contribution in [3.8, 4) is 5.75 Å². The molecule has 1 aromatic heterocycles. The van der Waals surface area contributed by atoms with E-state index in [1.54, 1.807) is 0 Å². The molecule has 0 fully saturated rings.